The smallest absolute Gasteiger partial charge is 0.356 e. The van der Waals surface area contributed by atoms with Gasteiger partial charge >= 0.3 is 6.18 Å². The minimum absolute atomic E-state index is 0.0469. The van der Waals surface area contributed by atoms with Crippen molar-refractivity contribution in [2.75, 3.05) is 13.6 Å². The largest absolute Gasteiger partial charge is 0.390 e. The molecule has 0 atom stereocenters. The second-order valence-electron chi connectivity index (χ2n) is 4.14. The molecule has 6 nitrogen and oxygen atoms in total. The van der Waals surface area contributed by atoms with Crippen molar-refractivity contribution in [1.29, 1.82) is 0 Å². The van der Waals surface area contributed by atoms with E-state index in [0.29, 0.717) is 5.56 Å². The Labute approximate surface area is 119 Å². The Hall–Kier alpha value is -2.32. The number of hydrogen-bond acceptors (Lipinski definition) is 3. The molecule has 21 heavy (non-hydrogen) atoms. The first-order valence-electron chi connectivity index (χ1n) is 6.06. The van der Waals surface area contributed by atoms with Crippen molar-refractivity contribution in [3.8, 4) is 0 Å². The molecule has 0 amide bonds. The molecule has 0 heterocycles. The topological polar surface area (TPSA) is 79.6 Å². The van der Waals surface area contributed by atoms with Crippen LogP contribution in [0.15, 0.2) is 29.3 Å². The molecule has 0 aliphatic rings. The lowest BCUT2D eigenvalue weighted by atomic mass is 10.2. The molecule has 1 aromatic carbocycles. The first-order valence-corrected chi connectivity index (χ1v) is 6.06. The van der Waals surface area contributed by atoms with Gasteiger partial charge in [-0.15, -0.1) is 0 Å². The highest BCUT2D eigenvalue weighted by molar-refractivity contribution is 5.79. The molecule has 116 valence electrons. The van der Waals surface area contributed by atoms with Crippen LogP contribution < -0.4 is 10.6 Å². The van der Waals surface area contributed by atoms with Crippen LogP contribution in [0.4, 0.5) is 18.9 Å². The van der Waals surface area contributed by atoms with Crippen molar-refractivity contribution < 1.29 is 18.1 Å². The zero-order valence-corrected chi connectivity index (χ0v) is 11.3. The highest BCUT2D eigenvalue weighted by Gasteiger charge is 2.26. The van der Waals surface area contributed by atoms with Crippen LogP contribution in [-0.2, 0) is 6.54 Å². The van der Waals surface area contributed by atoms with Crippen molar-refractivity contribution in [2.24, 2.45) is 4.99 Å². The van der Waals surface area contributed by atoms with Gasteiger partial charge in [0.25, 0.3) is 5.69 Å². The summed E-state index contributed by atoms with van der Waals surface area (Å²) in [6.07, 6.45) is -5.20. The van der Waals surface area contributed by atoms with Gasteiger partial charge in [0.15, 0.2) is 5.96 Å². The van der Waals surface area contributed by atoms with E-state index in [4.69, 9.17) is 0 Å². The Morgan fingerprint density at radius 1 is 1.38 bits per heavy atom. The van der Waals surface area contributed by atoms with E-state index >= 15 is 0 Å². The number of nitrogens with zero attached hydrogens (tertiary/aromatic N) is 2. The van der Waals surface area contributed by atoms with Gasteiger partial charge in [0.1, 0.15) is 0 Å². The number of nitrogens with one attached hydrogen (secondary N) is 2. The van der Waals surface area contributed by atoms with Crippen LogP contribution in [-0.4, -0.2) is 30.7 Å². The fourth-order valence-corrected chi connectivity index (χ4v) is 1.51. The highest BCUT2D eigenvalue weighted by atomic mass is 19.4. The molecule has 0 aromatic heterocycles. The summed E-state index contributed by atoms with van der Waals surface area (Å²) in [7, 11) is 1.43. The van der Waals surface area contributed by atoms with Crippen LogP contribution in [0.1, 0.15) is 12.0 Å². The van der Waals surface area contributed by atoms with Gasteiger partial charge in [-0.1, -0.05) is 12.1 Å². The molecular formula is C12H15F3N4O2. The Balaban J connectivity index is 2.48. The molecule has 0 radical (unpaired) electrons. The Morgan fingerprint density at radius 3 is 2.67 bits per heavy atom. The zero-order valence-electron chi connectivity index (χ0n) is 11.3. The molecule has 0 aliphatic carbocycles. The van der Waals surface area contributed by atoms with E-state index in [1.807, 2.05) is 0 Å². The molecule has 0 spiro atoms. The number of halogens is 3. The van der Waals surface area contributed by atoms with E-state index in [-0.39, 0.29) is 24.7 Å². The van der Waals surface area contributed by atoms with Gasteiger partial charge in [-0.3, -0.25) is 15.1 Å². The standard InChI is InChI=1S/C12H15F3N4O2/c1-16-11(17-6-5-12(13,14)15)18-8-9-3-2-4-10(7-9)19(20)21/h2-4,7H,5-6,8H2,1H3,(H2,16,17,18). The lowest BCUT2D eigenvalue weighted by Gasteiger charge is -2.12. The fraction of sp³-hybridized carbons (Fsp3) is 0.417. The predicted molar refractivity (Wildman–Crippen MR) is 72.0 cm³/mol. The van der Waals surface area contributed by atoms with Crippen molar-refractivity contribution in [3.05, 3.63) is 39.9 Å². The van der Waals surface area contributed by atoms with Crippen LogP contribution in [0, 0.1) is 10.1 Å². The normalized spacial score (nSPS) is 12.1. The lowest BCUT2D eigenvalue weighted by Crippen LogP contribution is -2.38. The number of guanidine groups is 1. The maximum atomic E-state index is 12.0. The summed E-state index contributed by atoms with van der Waals surface area (Å²) in [5, 5.41) is 15.9. The Morgan fingerprint density at radius 2 is 2.10 bits per heavy atom. The number of alkyl halides is 3. The molecule has 0 unspecified atom stereocenters. The maximum Gasteiger partial charge on any atom is 0.390 e. The van der Waals surface area contributed by atoms with Gasteiger partial charge < -0.3 is 10.6 Å². The third-order valence-corrected chi connectivity index (χ3v) is 2.51. The van der Waals surface area contributed by atoms with Crippen LogP contribution in [0.25, 0.3) is 0 Å². The molecule has 0 saturated heterocycles. The molecule has 0 fully saturated rings. The average molecular weight is 304 g/mol. The summed E-state index contributed by atoms with van der Waals surface area (Å²) >= 11 is 0. The third kappa shape index (κ3) is 6.59. The van der Waals surface area contributed by atoms with Crippen molar-refractivity contribution in [3.63, 3.8) is 0 Å². The van der Waals surface area contributed by atoms with E-state index in [9.17, 15) is 23.3 Å². The second-order valence-corrected chi connectivity index (χ2v) is 4.14. The van der Waals surface area contributed by atoms with Gasteiger partial charge in [-0.25, -0.2) is 0 Å². The van der Waals surface area contributed by atoms with E-state index in [2.05, 4.69) is 15.6 Å². The van der Waals surface area contributed by atoms with E-state index in [1.54, 1.807) is 6.07 Å². The van der Waals surface area contributed by atoms with E-state index in [1.165, 1.54) is 25.2 Å². The number of rotatable bonds is 5. The first kappa shape index (κ1) is 16.7. The minimum Gasteiger partial charge on any atom is -0.356 e. The van der Waals surface area contributed by atoms with Gasteiger partial charge in [0.05, 0.1) is 11.3 Å². The summed E-state index contributed by atoms with van der Waals surface area (Å²) in [5.41, 5.74) is 0.581. The summed E-state index contributed by atoms with van der Waals surface area (Å²) < 4.78 is 36.1. The molecule has 0 bridgehead atoms. The SMILES string of the molecule is CN=C(NCCC(F)(F)F)NCc1cccc([N+](=O)[O-])c1. The van der Waals surface area contributed by atoms with Crippen LogP contribution in [0.3, 0.4) is 0 Å². The van der Waals surface area contributed by atoms with Gasteiger partial charge in [0, 0.05) is 32.3 Å². The molecule has 9 heteroatoms. The maximum absolute atomic E-state index is 12.0. The molecule has 1 aromatic rings. The number of aliphatic imine (C=N–C) groups is 1. The first-order chi connectivity index (χ1) is 9.81. The minimum atomic E-state index is -4.23. The van der Waals surface area contributed by atoms with Gasteiger partial charge in [-0.05, 0) is 5.56 Å². The highest BCUT2D eigenvalue weighted by Crippen LogP contribution is 2.18. The average Bonchev–Trinajstić information content (AvgIpc) is 2.41. The summed E-state index contributed by atoms with van der Waals surface area (Å²) in [6, 6.07) is 5.95. The third-order valence-electron chi connectivity index (χ3n) is 2.51. The van der Waals surface area contributed by atoms with Gasteiger partial charge in [0.2, 0.25) is 0 Å². The number of hydrogen-bond donors (Lipinski definition) is 2. The summed E-state index contributed by atoms with van der Waals surface area (Å²) in [4.78, 5) is 13.9. The van der Waals surface area contributed by atoms with Crippen LogP contribution in [0.5, 0.6) is 0 Å². The van der Waals surface area contributed by atoms with Crippen molar-refractivity contribution in [2.45, 2.75) is 19.1 Å². The van der Waals surface area contributed by atoms with Crippen molar-refractivity contribution >= 4 is 11.6 Å². The molecular weight excluding hydrogens is 289 g/mol. The number of nitro groups is 1. The molecule has 0 saturated carbocycles. The van der Waals surface area contributed by atoms with Crippen molar-refractivity contribution in [1.82, 2.24) is 10.6 Å². The fourth-order valence-electron chi connectivity index (χ4n) is 1.51. The Kier molecular flexibility index (Phi) is 5.94. The lowest BCUT2D eigenvalue weighted by molar-refractivity contribution is -0.384. The van der Waals surface area contributed by atoms with Crippen LogP contribution >= 0.6 is 0 Å². The number of nitro benzene ring substituents is 1. The summed E-state index contributed by atoms with van der Waals surface area (Å²) in [6.45, 7) is -0.0779. The Bertz CT molecular complexity index is 517. The van der Waals surface area contributed by atoms with E-state index in [0.717, 1.165) is 0 Å². The number of non-ortho nitro benzene ring substituents is 1. The van der Waals surface area contributed by atoms with Crippen LogP contribution in [0.2, 0.25) is 0 Å². The predicted octanol–water partition coefficient (Wildman–Crippen LogP) is 2.21. The van der Waals surface area contributed by atoms with Gasteiger partial charge in [-0.2, -0.15) is 13.2 Å². The number of benzene rings is 1. The zero-order chi connectivity index (χ0) is 15.9. The molecule has 1 rings (SSSR count). The quantitative estimate of drug-likeness (QED) is 0.378. The monoisotopic (exact) mass is 304 g/mol. The van der Waals surface area contributed by atoms with E-state index < -0.39 is 17.5 Å². The molecule has 2 N–H and O–H groups in total. The second kappa shape index (κ2) is 7.46. The molecule has 0 aliphatic heterocycles. The summed E-state index contributed by atoms with van der Waals surface area (Å²) in [5.74, 6) is 0.200.